The number of benzene rings is 1. The molecule has 0 unspecified atom stereocenters. The normalized spacial score (nSPS) is 12.3. The molecule has 0 radical (unpaired) electrons. The fourth-order valence-electron chi connectivity index (χ4n) is 2.26. The number of hydrogen-bond donors (Lipinski definition) is 1. The number of thioether (sulfide) groups is 1. The quantitative estimate of drug-likeness (QED) is 0.258. The average molecular weight is 421 g/mol. The molecule has 3 rings (SSSR count). The Kier molecular flexibility index (Phi) is 5.03. The third kappa shape index (κ3) is 3.38. The Balaban J connectivity index is 2.16. The Hall–Kier alpha value is -1.70. The van der Waals surface area contributed by atoms with E-state index < -0.39 is 0 Å². The van der Waals surface area contributed by atoms with E-state index in [0.29, 0.717) is 9.93 Å². The van der Waals surface area contributed by atoms with Crippen molar-refractivity contribution in [2.75, 3.05) is 0 Å². The molecule has 0 aliphatic heterocycles. The van der Waals surface area contributed by atoms with Crippen molar-refractivity contribution in [2.45, 2.75) is 18.9 Å². The van der Waals surface area contributed by atoms with Crippen molar-refractivity contribution >= 4 is 55.0 Å². The number of carbonyl (C=O) groups excluding carboxylic acids is 1. The van der Waals surface area contributed by atoms with E-state index in [-0.39, 0.29) is 11.5 Å². The topological polar surface area (TPSA) is 63.1 Å². The van der Waals surface area contributed by atoms with E-state index in [4.69, 9.17) is 0 Å². The van der Waals surface area contributed by atoms with E-state index in [2.05, 4.69) is 25.9 Å². The maximum absolute atomic E-state index is 11.8. The minimum absolute atomic E-state index is 0.000293. The van der Waals surface area contributed by atoms with Crippen LogP contribution in [0.15, 0.2) is 56.1 Å². The Morgan fingerprint density at radius 3 is 2.54 bits per heavy atom. The lowest BCUT2D eigenvalue weighted by atomic mass is 10.1. The van der Waals surface area contributed by atoms with Crippen LogP contribution < -0.4 is 0 Å². The highest BCUT2D eigenvalue weighted by molar-refractivity contribution is 9.10. The van der Waals surface area contributed by atoms with Crippen LogP contribution in [-0.2, 0) is 4.79 Å². The number of halogens is 1. The largest absolute Gasteiger partial charge is 0.511 e. The molecule has 4 nitrogen and oxygen atoms in total. The van der Waals surface area contributed by atoms with Gasteiger partial charge in [-0.15, -0.1) is 11.3 Å². The van der Waals surface area contributed by atoms with Gasteiger partial charge >= 0.3 is 0 Å². The fraction of sp³-hybridized carbons (Fsp3) is 0.118. The zero-order chi connectivity index (χ0) is 17.3. The summed E-state index contributed by atoms with van der Waals surface area (Å²) in [5.74, 6) is -0.188. The maximum Gasteiger partial charge on any atom is 0.169 e. The maximum atomic E-state index is 11.8. The van der Waals surface area contributed by atoms with Crippen molar-refractivity contribution in [3.8, 4) is 11.1 Å². The molecule has 0 aliphatic carbocycles. The molecule has 1 N–H and O–H groups in total. The highest BCUT2D eigenvalue weighted by atomic mass is 79.9. The van der Waals surface area contributed by atoms with E-state index in [1.807, 2.05) is 29.6 Å². The summed E-state index contributed by atoms with van der Waals surface area (Å²) in [7, 11) is 0. The summed E-state index contributed by atoms with van der Waals surface area (Å²) in [5.41, 5.74) is 2.07. The van der Waals surface area contributed by atoms with Crippen molar-refractivity contribution in [1.82, 2.24) is 9.97 Å². The number of fused-ring (bicyclic) bond motifs is 1. The van der Waals surface area contributed by atoms with Crippen molar-refractivity contribution in [1.29, 1.82) is 0 Å². The number of ketones is 1. The first-order valence-electron chi connectivity index (χ1n) is 7.04. The summed E-state index contributed by atoms with van der Waals surface area (Å²) < 4.78 is 1.01. The second kappa shape index (κ2) is 7.04. The summed E-state index contributed by atoms with van der Waals surface area (Å²) in [6.45, 7) is 2.94. The molecule has 0 saturated heterocycles. The van der Waals surface area contributed by atoms with Crippen LogP contribution in [0.5, 0.6) is 0 Å². The average Bonchev–Trinajstić information content (AvgIpc) is 2.97. The summed E-state index contributed by atoms with van der Waals surface area (Å²) in [6.07, 6.45) is 1.48. The van der Waals surface area contributed by atoms with Crippen LogP contribution in [0.1, 0.15) is 13.8 Å². The van der Waals surface area contributed by atoms with Gasteiger partial charge in [-0.25, -0.2) is 9.97 Å². The summed E-state index contributed by atoms with van der Waals surface area (Å²) in [6, 6.07) is 8.00. The third-order valence-corrected chi connectivity index (χ3v) is 6.04. The third-order valence-electron chi connectivity index (χ3n) is 3.34. The first-order chi connectivity index (χ1) is 11.5. The van der Waals surface area contributed by atoms with Gasteiger partial charge in [0.1, 0.15) is 21.9 Å². The van der Waals surface area contributed by atoms with Gasteiger partial charge in [-0.1, -0.05) is 39.8 Å². The zero-order valence-corrected chi connectivity index (χ0v) is 16.1. The minimum atomic E-state index is -0.188. The highest BCUT2D eigenvalue weighted by Gasteiger charge is 2.18. The van der Waals surface area contributed by atoms with Gasteiger partial charge in [-0.3, -0.25) is 4.79 Å². The van der Waals surface area contributed by atoms with Crippen molar-refractivity contribution in [2.24, 2.45) is 0 Å². The minimum Gasteiger partial charge on any atom is -0.511 e. The van der Waals surface area contributed by atoms with Crippen LogP contribution in [0.3, 0.4) is 0 Å². The number of thiophene rings is 1. The lowest BCUT2D eigenvalue weighted by molar-refractivity contribution is -0.113. The summed E-state index contributed by atoms with van der Waals surface area (Å²) in [4.78, 5) is 21.6. The molecular formula is C17H13BrN2O2S2. The van der Waals surface area contributed by atoms with Gasteiger partial charge in [-0.05, 0) is 31.5 Å². The van der Waals surface area contributed by atoms with Crippen molar-refractivity contribution in [3.63, 3.8) is 0 Å². The second-order valence-electron chi connectivity index (χ2n) is 5.09. The molecule has 122 valence electrons. The Morgan fingerprint density at radius 1 is 1.21 bits per heavy atom. The SMILES string of the molecule is CC(=O)/C(Sc1ncnc2scc(-c3ccc(Br)cc3)c12)=C(\C)O. The van der Waals surface area contributed by atoms with Crippen LogP contribution >= 0.6 is 39.0 Å². The van der Waals surface area contributed by atoms with Crippen LogP contribution in [0.25, 0.3) is 21.3 Å². The monoisotopic (exact) mass is 420 g/mol. The van der Waals surface area contributed by atoms with E-state index in [0.717, 1.165) is 25.8 Å². The fourth-order valence-corrected chi connectivity index (χ4v) is 4.40. The van der Waals surface area contributed by atoms with Crippen molar-refractivity contribution < 1.29 is 9.90 Å². The number of Topliss-reactive ketones (excluding diaryl/α,β-unsaturated/α-hetero) is 1. The van der Waals surface area contributed by atoms with Gasteiger partial charge in [0.15, 0.2) is 5.78 Å². The van der Waals surface area contributed by atoms with Gasteiger partial charge in [-0.2, -0.15) is 0 Å². The van der Waals surface area contributed by atoms with Gasteiger partial charge in [0, 0.05) is 15.4 Å². The Labute approximate surface area is 155 Å². The number of nitrogens with zero attached hydrogens (tertiary/aromatic N) is 2. The van der Waals surface area contributed by atoms with Gasteiger partial charge in [0.05, 0.1) is 10.3 Å². The Bertz CT molecular complexity index is 945. The molecule has 0 bridgehead atoms. The Morgan fingerprint density at radius 2 is 1.92 bits per heavy atom. The van der Waals surface area contributed by atoms with E-state index in [9.17, 15) is 9.90 Å². The molecule has 1 aromatic carbocycles. The number of aliphatic hydroxyl groups excluding tert-OH is 1. The van der Waals surface area contributed by atoms with E-state index in [1.165, 1.54) is 43.3 Å². The number of aliphatic hydroxyl groups is 1. The number of hydrogen-bond acceptors (Lipinski definition) is 6. The predicted octanol–water partition coefficient (Wildman–Crippen LogP) is 5.59. The van der Waals surface area contributed by atoms with Gasteiger partial charge in [0.25, 0.3) is 0 Å². The lowest BCUT2D eigenvalue weighted by Crippen LogP contribution is -1.97. The van der Waals surface area contributed by atoms with Crippen LogP contribution in [0, 0.1) is 0 Å². The standard InChI is InChI=1S/C17H13BrN2O2S2/c1-9(21)15(10(2)22)24-17-14-13(7-23-16(14)19-8-20-17)11-3-5-12(18)6-4-11/h3-8,21H,1-2H3/b15-9-. The zero-order valence-electron chi connectivity index (χ0n) is 12.9. The van der Waals surface area contributed by atoms with E-state index in [1.54, 1.807) is 0 Å². The molecule has 0 spiro atoms. The number of rotatable bonds is 4. The summed E-state index contributed by atoms with van der Waals surface area (Å²) >= 11 is 6.15. The first kappa shape index (κ1) is 17.1. The first-order valence-corrected chi connectivity index (χ1v) is 9.53. The smallest absolute Gasteiger partial charge is 0.169 e. The molecule has 0 amide bonds. The molecule has 3 aromatic rings. The van der Waals surface area contributed by atoms with Crippen LogP contribution in [-0.4, -0.2) is 20.9 Å². The van der Waals surface area contributed by atoms with Gasteiger partial charge < -0.3 is 5.11 Å². The molecule has 0 atom stereocenters. The van der Waals surface area contributed by atoms with E-state index >= 15 is 0 Å². The number of carbonyl (C=O) groups is 1. The molecule has 2 heterocycles. The number of aromatic nitrogens is 2. The molecule has 7 heteroatoms. The van der Waals surface area contributed by atoms with Crippen molar-refractivity contribution in [3.05, 3.63) is 51.1 Å². The lowest BCUT2D eigenvalue weighted by Gasteiger charge is -2.07. The summed E-state index contributed by atoms with van der Waals surface area (Å²) in [5, 5.41) is 13.4. The molecule has 0 aliphatic rings. The highest BCUT2D eigenvalue weighted by Crippen LogP contribution is 2.40. The van der Waals surface area contributed by atoms with Gasteiger partial charge in [0.2, 0.25) is 0 Å². The number of allylic oxidation sites excluding steroid dienone is 2. The molecule has 0 saturated carbocycles. The van der Waals surface area contributed by atoms with Crippen LogP contribution in [0.2, 0.25) is 0 Å². The predicted molar refractivity (Wildman–Crippen MR) is 102 cm³/mol. The second-order valence-corrected chi connectivity index (χ2v) is 7.86. The molecule has 24 heavy (non-hydrogen) atoms. The van der Waals surface area contributed by atoms with Crippen LogP contribution in [0.4, 0.5) is 0 Å². The molecule has 0 fully saturated rings. The molecule has 2 aromatic heterocycles. The molecular weight excluding hydrogens is 408 g/mol.